The predicted octanol–water partition coefficient (Wildman–Crippen LogP) is 0.768. The first-order valence-electron chi connectivity index (χ1n) is 3.69. The van der Waals surface area contributed by atoms with Crippen molar-refractivity contribution < 1.29 is 4.79 Å². The Kier molecular flexibility index (Phi) is 2.97. The van der Waals surface area contributed by atoms with Crippen LogP contribution in [-0.4, -0.2) is 17.4 Å². The molecule has 1 rings (SSSR count). The number of carbonyl (C=O) groups excluding carboxylic acids is 1. The lowest BCUT2D eigenvalue weighted by Gasteiger charge is -1.98. The molecule has 0 spiro atoms. The number of amides is 1. The third kappa shape index (κ3) is 2.17. The molecule has 0 unspecified atom stereocenters. The fourth-order valence-corrected chi connectivity index (χ4v) is 0.815. The summed E-state index contributed by atoms with van der Waals surface area (Å²) in [7, 11) is 0. The van der Waals surface area contributed by atoms with Gasteiger partial charge in [0.05, 0.1) is 5.56 Å². The summed E-state index contributed by atoms with van der Waals surface area (Å²) in [5, 5.41) is 2.68. The molecule has 0 aliphatic carbocycles. The highest BCUT2D eigenvalue weighted by molar-refractivity contribution is 5.93. The summed E-state index contributed by atoms with van der Waals surface area (Å²) in [4.78, 5) is 14.0. The fourth-order valence-electron chi connectivity index (χ4n) is 0.815. The Morgan fingerprint density at radius 3 is 3.17 bits per heavy atom. The molecule has 1 aromatic rings. The molecule has 3 nitrogen and oxygen atoms in total. The van der Waals surface area contributed by atoms with Crippen LogP contribution in [0.15, 0.2) is 18.5 Å². The normalized spacial score (nSPS) is 8.92. The first-order valence-corrected chi connectivity index (χ1v) is 3.69. The Morgan fingerprint density at radius 2 is 2.58 bits per heavy atom. The van der Waals surface area contributed by atoms with Crippen molar-refractivity contribution in [3.8, 4) is 12.3 Å². The van der Waals surface area contributed by atoms with Gasteiger partial charge >= 0.3 is 0 Å². The van der Waals surface area contributed by atoms with E-state index in [2.05, 4.69) is 16.2 Å². The van der Waals surface area contributed by atoms with Crippen molar-refractivity contribution in [2.24, 2.45) is 0 Å². The number of H-pyrrole nitrogens is 1. The van der Waals surface area contributed by atoms with Gasteiger partial charge in [0.25, 0.3) is 5.91 Å². The summed E-state index contributed by atoms with van der Waals surface area (Å²) < 4.78 is 0. The monoisotopic (exact) mass is 162 g/mol. The molecule has 0 atom stereocenters. The van der Waals surface area contributed by atoms with Crippen molar-refractivity contribution >= 4 is 5.91 Å². The maximum atomic E-state index is 11.2. The van der Waals surface area contributed by atoms with Crippen LogP contribution in [0.4, 0.5) is 0 Å². The van der Waals surface area contributed by atoms with E-state index in [-0.39, 0.29) is 5.91 Å². The maximum absolute atomic E-state index is 11.2. The summed E-state index contributed by atoms with van der Waals surface area (Å²) >= 11 is 0. The summed E-state index contributed by atoms with van der Waals surface area (Å²) in [5.74, 6) is 2.35. The molecule has 0 aliphatic heterocycles. The molecule has 2 N–H and O–H groups in total. The standard InChI is InChI=1S/C9H10N2O/c1-2-3-5-11-9(12)8-4-6-10-7-8/h1,4,6-7,10H,3,5H2,(H,11,12). The number of aromatic nitrogens is 1. The molecule has 0 bridgehead atoms. The molecule has 0 aliphatic rings. The minimum absolute atomic E-state index is 0.0912. The Balaban J connectivity index is 2.36. The largest absolute Gasteiger partial charge is 0.367 e. The number of terminal acetylenes is 1. The lowest BCUT2D eigenvalue weighted by atomic mass is 10.3. The van der Waals surface area contributed by atoms with Gasteiger partial charge in [-0.1, -0.05) is 0 Å². The van der Waals surface area contributed by atoms with E-state index >= 15 is 0 Å². The van der Waals surface area contributed by atoms with Gasteiger partial charge in [0.2, 0.25) is 0 Å². The zero-order chi connectivity index (χ0) is 8.81. The van der Waals surface area contributed by atoms with E-state index in [1.54, 1.807) is 18.5 Å². The number of carbonyl (C=O) groups is 1. The minimum Gasteiger partial charge on any atom is -0.367 e. The van der Waals surface area contributed by atoms with E-state index in [0.29, 0.717) is 18.5 Å². The SMILES string of the molecule is C#CCCNC(=O)c1cc[nH]c1. The van der Waals surface area contributed by atoms with Gasteiger partial charge in [0, 0.05) is 25.4 Å². The van der Waals surface area contributed by atoms with E-state index in [9.17, 15) is 4.79 Å². The van der Waals surface area contributed by atoms with E-state index < -0.39 is 0 Å². The smallest absolute Gasteiger partial charge is 0.252 e. The number of rotatable bonds is 3. The van der Waals surface area contributed by atoms with Crippen LogP contribution in [0.25, 0.3) is 0 Å². The van der Waals surface area contributed by atoms with Crippen LogP contribution < -0.4 is 5.32 Å². The molecule has 1 amide bonds. The first kappa shape index (κ1) is 8.41. The van der Waals surface area contributed by atoms with Crippen LogP contribution in [0.3, 0.4) is 0 Å². The Labute approximate surface area is 71.2 Å². The van der Waals surface area contributed by atoms with E-state index in [0.717, 1.165) is 0 Å². The lowest BCUT2D eigenvalue weighted by Crippen LogP contribution is -2.23. The fraction of sp³-hybridized carbons (Fsp3) is 0.222. The Hall–Kier alpha value is -1.69. The van der Waals surface area contributed by atoms with Gasteiger partial charge in [0.1, 0.15) is 0 Å². The summed E-state index contributed by atoms with van der Waals surface area (Å²) in [6, 6.07) is 1.71. The summed E-state index contributed by atoms with van der Waals surface area (Å²) in [6.45, 7) is 0.528. The summed E-state index contributed by atoms with van der Waals surface area (Å²) in [5.41, 5.74) is 0.632. The quantitative estimate of drug-likeness (QED) is 0.500. The highest BCUT2D eigenvalue weighted by Crippen LogP contribution is 1.94. The molecule has 0 fully saturated rings. The van der Waals surface area contributed by atoms with Gasteiger partial charge in [-0.2, -0.15) is 0 Å². The zero-order valence-corrected chi connectivity index (χ0v) is 6.63. The average Bonchev–Trinajstić information content (AvgIpc) is 2.56. The van der Waals surface area contributed by atoms with Crippen LogP contribution in [-0.2, 0) is 0 Å². The number of nitrogens with one attached hydrogen (secondary N) is 2. The van der Waals surface area contributed by atoms with Crippen molar-refractivity contribution in [2.75, 3.05) is 6.54 Å². The second-order valence-electron chi connectivity index (χ2n) is 2.31. The van der Waals surface area contributed by atoms with Crippen molar-refractivity contribution in [1.82, 2.24) is 10.3 Å². The number of hydrogen-bond donors (Lipinski definition) is 2. The van der Waals surface area contributed by atoms with Gasteiger partial charge in [-0.05, 0) is 6.07 Å². The van der Waals surface area contributed by atoms with Crippen LogP contribution in [0, 0.1) is 12.3 Å². The predicted molar refractivity (Wildman–Crippen MR) is 46.6 cm³/mol. The molecule has 62 valence electrons. The second-order valence-corrected chi connectivity index (χ2v) is 2.31. The average molecular weight is 162 g/mol. The zero-order valence-electron chi connectivity index (χ0n) is 6.63. The highest BCUT2D eigenvalue weighted by atomic mass is 16.1. The lowest BCUT2D eigenvalue weighted by molar-refractivity contribution is 0.0955. The molecule has 3 heteroatoms. The van der Waals surface area contributed by atoms with Gasteiger partial charge in [-0.25, -0.2) is 0 Å². The second kappa shape index (κ2) is 4.24. The summed E-state index contributed by atoms with van der Waals surface area (Å²) in [6.07, 6.45) is 8.94. The molecule has 0 saturated heterocycles. The van der Waals surface area contributed by atoms with Crippen molar-refractivity contribution in [2.45, 2.75) is 6.42 Å². The van der Waals surface area contributed by atoms with Crippen LogP contribution in [0.2, 0.25) is 0 Å². The maximum Gasteiger partial charge on any atom is 0.252 e. The Morgan fingerprint density at radius 1 is 1.75 bits per heavy atom. The van der Waals surface area contributed by atoms with Crippen molar-refractivity contribution in [3.63, 3.8) is 0 Å². The Bertz CT molecular complexity index is 282. The molecule has 1 heterocycles. The van der Waals surface area contributed by atoms with Gasteiger partial charge in [-0.15, -0.1) is 12.3 Å². The molecule has 0 saturated carbocycles. The third-order valence-corrected chi connectivity index (χ3v) is 1.42. The number of aromatic amines is 1. The van der Waals surface area contributed by atoms with Crippen molar-refractivity contribution in [3.05, 3.63) is 24.0 Å². The molecule has 12 heavy (non-hydrogen) atoms. The molecule has 0 aromatic carbocycles. The van der Waals surface area contributed by atoms with Crippen LogP contribution in [0.1, 0.15) is 16.8 Å². The van der Waals surface area contributed by atoms with E-state index in [4.69, 9.17) is 6.42 Å². The van der Waals surface area contributed by atoms with Gasteiger partial charge in [0.15, 0.2) is 0 Å². The molecule has 0 radical (unpaired) electrons. The topological polar surface area (TPSA) is 44.9 Å². The van der Waals surface area contributed by atoms with Gasteiger partial charge in [-0.3, -0.25) is 4.79 Å². The molecule has 1 aromatic heterocycles. The van der Waals surface area contributed by atoms with E-state index in [1.807, 2.05) is 0 Å². The third-order valence-electron chi connectivity index (χ3n) is 1.42. The first-order chi connectivity index (χ1) is 5.84. The number of hydrogen-bond acceptors (Lipinski definition) is 1. The molecular weight excluding hydrogens is 152 g/mol. The van der Waals surface area contributed by atoms with Gasteiger partial charge < -0.3 is 10.3 Å². The highest BCUT2D eigenvalue weighted by Gasteiger charge is 2.02. The van der Waals surface area contributed by atoms with Crippen LogP contribution in [0.5, 0.6) is 0 Å². The minimum atomic E-state index is -0.0912. The van der Waals surface area contributed by atoms with Crippen molar-refractivity contribution in [1.29, 1.82) is 0 Å². The van der Waals surface area contributed by atoms with Crippen LogP contribution >= 0.6 is 0 Å². The van der Waals surface area contributed by atoms with E-state index in [1.165, 1.54) is 0 Å². The molecular formula is C9H10N2O.